The summed E-state index contributed by atoms with van der Waals surface area (Å²) in [6.45, 7) is 8.92. The molecule has 6 nitrogen and oxygen atoms in total. The van der Waals surface area contributed by atoms with Crippen molar-refractivity contribution in [2.24, 2.45) is 0 Å². The molecule has 3 unspecified atom stereocenters. The lowest BCUT2D eigenvalue weighted by molar-refractivity contribution is -0.109. The van der Waals surface area contributed by atoms with Gasteiger partial charge in [-0.15, -0.1) is 0 Å². The quantitative estimate of drug-likeness (QED) is 0.105. The number of hydrogen-bond donors (Lipinski definition) is 0. The molecule has 0 amide bonds. The molecule has 4 heterocycles. The number of allylic oxidation sites excluding steroid dienone is 5. The number of halogens is 2. The van der Waals surface area contributed by atoms with E-state index in [-0.39, 0.29) is 11.5 Å². The molecule has 10 heteroatoms. The van der Waals surface area contributed by atoms with Gasteiger partial charge in [-0.3, -0.25) is 9.59 Å². The van der Waals surface area contributed by atoms with Crippen molar-refractivity contribution >= 4 is 93.4 Å². The number of para-hydroxylation sites is 4. The summed E-state index contributed by atoms with van der Waals surface area (Å²) in [5.41, 5.74) is 8.21. The van der Waals surface area contributed by atoms with Gasteiger partial charge in [0.15, 0.2) is 24.9 Å². The zero-order chi connectivity index (χ0) is 43.6. The smallest absolute Gasteiger partial charge is 0.167 e. The molecule has 0 bridgehead atoms. The molecule has 6 aromatic carbocycles. The summed E-state index contributed by atoms with van der Waals surface area (Å²) in [6.07, 6.45) is 11.2. The van der Waals surface area contributed by atoms with Gasteiger partial charge in [-0.2, -0.15) is 0 Å². The van der Waals surface area contributed by atoms with Crippen LogP contribution in [0.4, 0.5) is 34.1 Å². The van der Waals surface area contributed by atoms with Crippen molar-refractivity contribution in [3.05, 3.63) is 191 Å². The van der Waals surface area contributed by atoms with Gasteiger partial charge in [0, 0.05) is 57.5 Å². The number of aldehydes is 2. The second kappa shape index (κ2) is 16.2. The lowest BCUT2D eigenvalue weighted by Gasteiger charge is -2.44. The average Bonchev–Trinajstić information content (AvgIpc) is 3.65. The van der Waals surface area contributed by atoms with E-state index in [9.17, 15) is 9.59 Å². The number of rotatable bonds is 9. The van der Waals surface area contributed by atoms with Crippen LogP contribution in [0.25, 0.3) is 0 Å². The van der Waals surface area contributed by atoms with E-state index in [1.165, 1.54) is 5.56 Å². The summed E-state index contributed by atoms with van der Waals surface area (Å²) in [5, 5.41) is 1.22. The Labute approximate surface area is 387 Å². The van der Waals surface area contributed by atoms with Crippen LogP contribution in [0.5, 0.6) is 0 Å². The first-order valence-corrected chi connectivity index (χ1v) is 23.4. The van der Waals surface area contributed by atoms with Crippen LogP contribution < -0.4 is 19.6 Å². The number of nitrogens with zero attached hydrogens (tertiary/aromatic N) is 4. The summed E-state index contributed by atoms with van der Waals surface area (Å²) in [5.74, 6) is 0. The largest absolute Gasteiger partial charge is 0.337 e. The van der Waals surface area contributed by atoms with Crippen LogP contribution in [0.3, 0.4) is 0 Å². The molecule has 314 valence electrons. The molecular weight excluding hydrogens is 860 g/mol. The minimum absolute atomic E-state index is 0.196. The Morgan fingerprint density at radius 3 is 1.60 bits per heavy atom. The number of hydrogen-bond acceptors (Lipinski definition) is 8. The number of anilines is 6. The molecule has 10 rings (SSSR count). The van der Waals surface area contributed by atoms with Gasteiger partial charge >= 0.3 is 0 Å². The molecule has 0 aromatic heterocycles. The second-order valence-corrected chi connectivity index (χ2v) is 20.2. The van der Waals surface area contributed by atoms with E-state index in [4.69, 9.17) is 23.2 Å². The summed E-state index contributed by atoms with van der Waals surface area (Å²) in [6, 6.07) is 44.8. The normalized spacial score (nSPS) is 19.3. The van der Waals surface area contributed by atoms with Crippen molar-refractivity contribution < 1.29 is 9.59 Å². The highest BCUT2D eigenvalue weighted by molar-refractivity contribution is 8.00. The fraction of sp³-hybridized carbons (Fsp3) is 0.170. The van der Waals surface area contributed by atoms with Gasteiger partial charge in [0.1, 0.15) is 0 Å². The minimum Gasteiger partial charge on any atom is -0.337 e. The molecule has 0 aliphatic carbocycles. The molecule has 3 atom stereocenters. The van der Waals surface area contributed by atoms with E-state index >= 15 is 0 Å². The first-order valence-electron chi connectivity index (χ1n) is 21.0. The highest BCUT2D eigenvalue weighted by Crippen LogP contribution is 2.55. The number of carbonyl (C=O) groups is 2. The van der Waals surface area contributed by atoms with Crippen molar-refractivity contribution in [2.45, 2.75) is 76.5 Å². The van der Waals surface area contributed by atoms with Crippen LogP contribution in [0, 0.1) is 0 Å². The first kappa shape index (κ1) is 41.4. The SMILES string of the molecule is CC1(C)/C(=C/C=C/C=C/C2N(C(C=O)N3c4ccccc4Sc4ccc(Cl)cc43)c3ccccc3C2(C)C)N(C(C=O)N2c3ccccc3Sc3ccc(Cl)cc32)c2ccccc21. The van der Waals surface area contributed by atoms with Gasteiger partial charge < -0.3 is 19.6 Å². The van der Waals surface area contributed by atoms with Crippen molar-refractivity contribution in [1.82, 2.24) is 0 Å². The molecule has 6 aromatic rings. The van der Waals surface area contributed by atoms with Gasteiger partial charge in [0.2, 0.25) is 0 Å². The maximum absolute atomic E-state index is 13.7. The lowest BCUT2D eigenvalue weighted by atomic mass is 9.80. The Morgan fingerprint density at radius 1 is 0.524 bits per heavy atom. The van der Waals surface area contributed by atoms with Crippen molar-refractivity contribution in [2.75, 3.05) is 19.6 Å². The maximum Gasteiger partial charge on any atom is 0.167 e. The molecule has 4 aliphatic rings. The van der Waals surface area contributed by atoms with Crippen molar-refractivity contribution in [3.8, 4) is 0 Å². The molecule has 0 N–H and O–H groups in total. The molecule has 0 fully saturated rings. The molecule has 0 saturated carbocycles. The van der Waals surface area contributed by atoms with E-state index in [1.54, 1.807) is 23.5 Å². The molecule has 0 radical (unpaired) electrons. The van der Waals surface area contributed by atoms with E-state index in [2.05, 4.69) is 138 Å². The van der Waals surface area contributed by atoms with E-state index < -0.39 is 17.7 Å². The Hall–Kier alpha value is -5.64. The van der Waals surface area contributed by atoms with Gasteiger partial charge in [0.05, 0.1) is 28.8 Å². The van der Waals surface area contributed by atoms with Crippen LogP contribution in [0.2, 0.25) is 10.0 Å². The third kappa shape index (κ3) is 6.81. The van der Waals surface area contributed by atoms with Crippen molar-refractivity contribution in [3.63, 3.8) is 0 Å². The van der Waals surface area contributed by atoms with Gasteiger partial charge in [-0.25, -0.2) is 0 Å². The van der Waals surface area contributed by atoms with Gasteiger partial charge in [-0.1, -0.05) is 159 Å². The predicted octanol–water partition coefficient (Wildman–Crippen LogP) is 13.9. The fourth-order valence-corrected chi connectivity index (χ4v) is 12.3. The standard InChI is InChI=1S/C53H44Cl2N4O2S2/c1-52(2)36-16-8-10-18-38(36)58(50(32-60)56-40-20-12-14-22-44(40)62-46-28-26-34(54)30-42(46)56)48(52)24-6-5-7-25-49-53(3,4)37-17-9-11-19-39(37)59(49)51(33-61)57-41-21-13-15-23-45(41)63-47-29-27-35(55)31-43(47)57/h5-33,48,50-51H,1-4H3/b7-5+,24-6+,49-25-. The van der Waals surface area contributed by atoms with E-state index in [0.717, 1.165) is 77.5 Å². The summed E-state index contributed by atoms with van der Waals surface area (Å²) in [7, 11) is 0. The molecular formula is C53H44Cl2N4O2S2. The van der Waals surface area contributed by atoms with Crippen LogP contribution in [0.1, 0.15) is 38.8 Å². The van der Waals surface area contributed by atoms with Crippen LogP contribution in [-0.2, 0) is 20.4 Å². The van der Waals surface area contributed by atoms with Crippen LogP contribution in [0.15, 0.2) is 189 Å². The average molecular weight is 904 g/mol. The summed E-state index contributed by atoms with van der Waals surface area (Å²) >= 11 is 16.7. The zero-order valence-electron chi connectivity index (χ0n) is 35.2. The van der Waals surface area contributed by atoms with E-state index in [0.29, 0.717) is 10.0 Å². The second-order valence-electron chi connectivity index (χ2n) is 17.1. The number of fused-ring (bicyclic) bond motifs is 6. The Balaban J connectivity index is 1.04. The van der Waals surface area contributed by atoms with Crippen molar-refractivity contribution in [1.29, 1.82) is 0 Å². The summed E-state index contributed by atoms with van der Waals surface area (Å²) in [4.78, 5) is 40.3. The zero-order valence-corrected chi connectivity index (χ0v) is 38.3. The Bertz CT molecular complexity index is 2910. The summed E-state index contributed by atoms with van der Waals surface area (Å²) < 4.78 is 0. The number of benzene rings is 6. The van der Waals surface area contributed by atoms with E-state index in [1.807, 2.05) is 72.8 Å². The molecule has 4 aliphatic heterocycles. The molecule has 63 heavy (non-hydrogen) atoms. The maximum atomic E-state index is 13.7. The molecule has 0 saturated heterocycles. The number of carbonyl (C=O) groups excluding carboxylic acids is 2. The van der Waals surface area contributed by atoms with Crippen LogP contribution in [-0.4, -0.2) is 30.9 Å². The Morgan fingerprint density at radius 2 is 1.02 bits per heavy atom. The topological polar surface area (TPSA) is 47.1 Å². The molecule has 0 spiro atoms. The third-order valence-electron chi connectivity index (χ3n) is 12.8. The predicted molar refractivity (Wildman–Crippen MR) is 262 cm³/mol. The highest BCUT2D eigenvalue weighted by atomic mass is 35.5. The van der Waals surface area contributed by atoms with Gasteiger partial charge in [-0.05, 0) is 90.0 Å². The fourth-order valence-electron chi connectivity index (χ4n) is 9.85. The highest BCUT2D eigenvalue weighted by Gasteiger charge is 2.49. The monoisotopic (exact) mass is 902 g/mol. The lowest BCUT2D eigenvalue weighted by Crippen LogP contribution is -2.54. The first-order chi connectivity index (χ1) is 30.5. The Kier molecular flexibility index (Phi) is 10.6. The third-order valence-corrected chi connectivity index (χ3v) is 15.5. The van der Waals surface area contributed by atoms with Gasteiger partial charge in [0.25, 0.3) is 0 Å². The van der Waals surface area contributed by atoms with Crippen LogP contribution >= 0.6 is 46.7 Å². The minimum atomic E-state index is -0.715.